The van der Waals surface area contributed by atoms with Crippen molar-refractivity contribution in [1.82, 2.24) is 0 Å². The number of ether oxygens (including phenoxy) is 4. The fourth-order valence-corrected chi connectivity index (χ4v) is 11.0. The summed E-state index contributed by atoms with van der Waals surface area (Å²) < 4.78 is 25.0. The summed E-state index contributed by atoms with van der Waals surface area (Å²) in [6, 6.07) is 30.4. The quantitative estimate of drug-likeness (QED) is 0.191. The third-order valence-electron chi connectivity index (χ3n) is 11.3. The standard InChI is InChI=1S/C44H42O4S/c1-41(2)23-42(3,4)25-43(24-41)35-10-8-7-9-31(35)38-33-22-37-36(47-26-49-37)21-34(33)40-32(39(38)43)19-20-44(48-40,27-11-15-29(45-5)16-12-27)28-13-17-30(46-6)18-14-28/h7-22H,23-26H2,1-6H3. The van der Waals surface area contributed by atoms with Gasteiger partial charge >= 0.3 is 0 Å². The number of hydrogen-bond donors (Lipinski definition) is 0. The summed E-state index contributed by atoms with van der Waals surface area (Å²) in [4.78, 5) is 1.19. The molecule has 0 N–H and O–H groups in total. The predicted molar refractivity (Wildman–Crippen MR) is 199 cm³/mol. The molecule has 5 heteroatoms. The summed E-state index contributed by atoms with van der Waals surface area (Å²) in [5.74, 6) is 4.09. The average molecular weight is 667 g/mol. The Hall–Kier alpha value is -4.35. The van der Waals surface area contributed by atoms with Crippen molar-refractivity contribution in [3.8, 4) is 34.1 Å². The van der Waals surface area contributed by atoms with E-state index in [0.29, 0.717) is 5.94 Å². The first-order valence-electron chi connectivity index (χ1n) is 17.3. The molecule has 2 aliphatic heterocycles. The maximum Gasteiger partial charge on any atom is 0.178 e. The number of rotatable bonds is 4. The van der Waals surface area contributed by atoms with E-state index in [0.717, 1.165) is 52.4 Å². The Morgan fingerprint density at radius 3 is 1.98 bits per heavy atom. The molecule has 0 radical (unpaired) electrons. The summed E-state index contributed by atoms with van der Waals surface area (Å²) in [6.45, 7) is 9.87. The molecule has 0 bridgehead atoms. The summed E-state index contributed by atoms with van der Waals surface area (Å²) in [7, 11) is 3.41. The van der Waals surface area contributed by atoms with Gasteiger partial charge in [-0.2, -0.15) is 0 Å². The van der Waals surface area contributed by atoms with E-state index in [4.69, 9.17) is 18.9 Å². The molecule has 2 aliphatic carbocycles. The van der Waals surface area contributed by atoms with Crippen molar-refractivity contribution in [2.24, 2.45) is 10.8 Å². The number of thioether (sulfide) groups is 1. The summed E-state index contributed by atoms with van der Waals surface area (Å²) in [5.41, 5.74) is 8.15. The third-order valence-corrected chi connectivity index (χ3v) is 12.2. The summed E-state index contributed by atoms with van der Waals surface area (Å²) in [6.07, 6.45) is 8.02. The van der Waals surface area contributed by atoms with Crippen LogP contribution in [-0.2, 0) is 11.0 Å². The van der Waals surface area contributed by atoms with Crippen molar-refractivity contribution in [1.29, 1.82) is 0 Å². The Morgan fingerprint density at radius 1 is 0.714 bits per heavy atom. The largest absolute Gasteiger partial charge is 0.497 e. The van der Waals surface area contributed by atoms with Crippen LogP contribution in [0.5, 0.6) is 23.0 Å². The van der Waals surface area contributed by atoms with Crippen LogP contribution in [0, 0.1) is 10.8 Å². The summed E-state index contributed by atoms with van der Waals surface area (Å²) in [5, 5.41) is 2.33. The Morgan fingerprint density at radius 2 is 1.35 bits per heavy atom. The zero-order chi connectivity index (χ0) is 33.8. The maximum absolute atomic E-state index is 7.64. The Balaban J connectivity index is 1.38. The van der Waals surface area contributed by atoms with E-state index in [9.17, 15) is 0 Å². The van der Waals surface area contributed by atoms with Crippen LogP contribution in [0.15, 0.2) is 95.9 Å². The lowest BCUT2D eigenvalue weighted by atomic mass is 9.52. The van der Waals surface area contributed by atoms with Gasteiger partial charge in [-0.1, -0.05) is 94.1 Å². The first-order chi connectivity index (χ1) is 23.6. The maximum atomic E-state index is 7.64. The van der Waals surface area contributed by atoms with E-state index < -0.39 is 5.60 Å². The minimum atomic E-state index is -0.884. The Kier molecular flexibility index (Phi) is 6.62. The van der Waals surface area contributed by atoms with Crippen molar-refractivity contribution in [2.45, 2.75) is 62.9 Å². The highest BCUT2D eigenvalue weighted by Gasteiger charge is 2.55. The first kappa shape index (κ1) is 30.7. The van der Waals surface area contributed by atoms with Crippen LogP contribution in [0.3, 0.4) is 0 Å². The number of methoxy groups -OCH3 is 2. The van der Waals surface area contributed by atoms with Crippen molar-refractivity contribution in [2.75, 3.05) is 20.2 Å². The normalized spacial score (nSPS) is 19.7. The molecular weight excluding hydrogens is 625 g/mol. The monoisotopic (exact) mass is 666 g/mol. The molecule has 4 aliphatic rings. The van der Waals surface area contributed by atoms with Gasteiger partial charge < -0.3 is 18.9 Å². The SMILES string of the molecule is COc1ccc(C2(c3ccc(OC)cc3)C=Cc3c4c(c5cc6c(cc5c3O2)OCS6)-c2ccccc2C42CC(C)(C)CC(C)(C)C2)cc1. The number of fused-ring (bicyclic) bond motifs is 11. The van der Waals surface area contributed by atoms with Gasteiger partial charge in [0.25, 0.3) is 0 Å². The highest BCUT2D eigenvalue weighted by molar-refractivity contribution is 7.99. The molecule has 0 amide bonds. The second kappa shape index (κ2) is 10.6. The molecule has 4 nitrogen and oxygen atoms in total. The molecule has 5 aromatic rings. The van der Waals surface area contributed by atoms with Crippen LogP contribution in [0.2, 0.25) is 0 Å². The molecule has 0 saturated heterocycles. The summed E-state index contributed by atoms with van der Waals surface area (Å²) >= 11 is 1.77. The van der Waals surface area contributed by atoms with E-state index >= 15 is 0 Å². The molecule has 49 heavy (non-hydrogen) atoms. The highest BCUT2D eigenvalue weighted by atomic mass is 32.2. The zero-order valence-electron chi connectivity index (χ0n) is 29.1. The van der Waals surface area contributed by atoms with Crippen LogP contribution in [0.1, 0.15) is 74.8 Å². The lowest BCUT2D eigenvalue weighted by Gasteiger charge is -2.52. The molecule has 248 valence electrons. The molecule has 9 rings (SSSR count). The van der Waals surface area contributed by atoms with Gasteiger partial charge in [0, 0.05) is 27.5 Å². The minimum absolute atomic E-state index is 0.147. The van der Waals surface area contributed by atoms with Gasteiger partial charge in [-0.25, -0.2) is 0 Å². The van der Waals surface area contributed by atoms with Crippen molar-refractivity contribution in [3.63, 3.8) is 0 Å². The molecule has 0 aromatic heterocycles. The minimum Gasteiger partial charge on any atom is -0.497 e. The van der Waals surface area contributed by atoms with Crippen LogP contribution >= 0.6 is 11.8 Å². The van der Waals surface area contributed by atoms with E-state index in [-0.39, 0.29) is 16.2 Å². The molecule has 5 aromatic carbocycles. The molecule has 0 unspecified atom stereocenters. The molecule has 2 heterocycles. The third kappa shape index (κ3) is 4.50. The van der Waals surface area contributed by atoms with Crippen molar-refractivity contribution >= 4 is 28.6 Å². The fraction of sp³-hybridized carbons (Fsp3) is 0.318. The van der Waals surface area contributed by atoms with Gasteiger partial charge in [0.05, 0.1) is 19.1 Å². The lowest BCUT2D eigenvalue weighted by Crippen LogP contribution is -2.44. The smallest absolute Gasteiger partial charge is 0.178 e. The second-order valence-corrected chi connectivity index (χ2v) is 16.8. The van der Waals surface area contributed by atoms with Gasteiger partial charge in [-0.05, 0) is 100 Å². The van der Waals surface area contributed by atoms with Crippen molar-refractivity contribution in [3.05, 3.63) is 119 Å². The number of hydrogen-bond acceptors (Lipinski definition) is 5. The molecule has 1 fully saturated rings. The Labute approximate surface area is 293 Å². The van der Waals surface area contributed by atoms with Gasteiger partial charge in [-0.15, -0.1) is 0 Å². The van der Waals surface area contributed by atoms with Crippen molar-refractivity contribution < 1.29 is 18.9 Å². The van der Waals surface area contributed by atoms with E-state index in [1.54, 1.807) is 26.0 Å². The Bertz CT molecular complexity index is 2110. The highest BCUT2D eigenvalue weighted by Crippen LogP contribution is 2.67. The second-order valence-electron chi connectivity index (χ2n) is 15.9. The van der Waals surface area contributed by atoms with Gasteiger partial charge in [0.15, 0.2) is 5.60 Å². The first-order valence-corrected chi connectivity index (χ1v) is 18.3. The van der Waals surface area contributed by atoms with Gasteiger partial charge in [-0.3, -0.25) is 0 Å². The topological polar surface area (TPSA) is 36.9 Å². The zero-order valence-corrected chi connectivity index (χ0v) is 29.9. The molecular formula is C44H42O4S. The average Bonchev–Trinajstić information content (AvgIpc) is 3.66. The van der Waals surface area contributed by atoms with E-state index in [1.807, 2.05) is 24.3 Å². The van der Waals surface area contributed by atoms with E-state index in [2.05, 4.69) is 101 Å². The fourth-order valence-electron chi connectivity index (χ4n) is 10.2. The van der Waals surface area contributed by atoms with Crippen LogP contribution in [0.4, 0.5) is 0 Å². The molecule has 0 atom stereocenters. The van der Waals surface area contributed by atoms with E-state index in [1.165, 1.54) is 44.5 Å². The van der Waals surface area contributed by atoms with Crippen LogP contribution < -0.4 is 18.9 Å². The van der Waals surface area contributed by atoms with Crippen LogP contribution in [-0.4, -0.2) is 20.2 Å². The predicted octanol–water partition coefficient (Wildman–Crippen LogP) is 11.2. The van der Waals surface area contributed by atoms with Gasteiger partial charge in [0.1, 0.15) is 28.9 Å². The van der Waals surface area contributed by atoms with Crippen LogP contribution in [0.25, 0.3) is 28.0 Å². The lowest BCUT2D eigenvalue weighted by molar-refractivity contribution is 0.0642. The molecule has 1 saturated carbocycles. The van der Waals surface area contributed by atoms with Gasteiger partial charge in [0.2, 0.25) is 0 Å². The molecule has 1 spiro atoms. The number of benzene rings is 5.